The minimum Gasteiger partial charge on any atom is -0.198 e. The molecule has 0 unspecified atom stereocenters. The highest BCUT2D eigenvalue weighted by Gasteiger charge is 2.02. The van der Waals surface area contributed by atoms with Crippen LogP contribution in [-0.2, 0) is 6.42 Å². The zero-order chi connectivity index (χ0) is 13.0. The molecule has 0 N–H and O–H groups in total. The molecule has 2 rings (SSSR count). The Balaban J connectivity index is 2.31. The number of rotatable bonds is 3. The Bertz CT molecular complexity index is 559. The van der Waals surface area contributed by atoms with Crippen molar-refractivity contribution in [2.24, 2.45) is 0 Å². The van der Waals surface area contributed by atoms with Crippen molar-refractivity contribution in [3.05, 3.63) is 59.7 Å². The second kappa shape index (κ2) is 5.51. The Kier molecular flexibility index (Phi) is 3.79. The molecule has 0 aliphatic heterocycles. The van der Waals surface area contributed by atoms with Gasteiger partial charge in [0.1, 0.15) is 0 Å². The summed E-state index contributed by atoms with van der Waals surface area (Å²) in [6, 6.07) is 19.0. The summed E-state index contributed by atoms with van der Waals surface area (Å²) in [5.41, 5.74) is 4.87. The third-order valence-electron chi connectivity index (χ3n) is 3.12. The third-order valence-corrected chi connectivity index (χ3v) is 3.12. The van der Waals surface area contributed by atoms with Gasteiger partial charge >= 0.3 is 0 Å². The van der Waals surface area contributed by atoms with E-state index in [1.165, 1.54) is 16.7 Å². The largest absolute Gasteiger partial charge is 0.198 e. The Morgan fingerprint density at radius 1 is 1.00 bits per heavy atom. The molecule has 2 aromatic carbocycles. The Morgan fingerprint density at radius 3 is 2.33 bits per heavy atom. The predicted molar refractivity (Wildman–Crippen MR) is 75.3 cm³/mol. The van der Waals surface area contributed by atoms with Gasteiger partial charge < -0.3 is 0 Å². The minimum absolute atomic E-state index is 0.478. The van der Waals surface area contributed by atoms with Crippen LogP contribution in [0.1, 0.15) is 30.9 Å². The third kappa shape index (κ3) is 2.78. The molecule has 1 heteroatoms. The van der Waals surface area contributed by atoms with Crippen LogP contribution in [0.25, 0.3) is 11.1 Å². The minimum atomic E-state index is 0.478. The van der Waals surface area contributed by atoms with Gasteiger partial charge in [-0.25, -0.2) is 0 Å². The fourth-order valence-electron chi connectivity index (χ4n) is 1.98. The van der Waals surface area contributed by atoms with Gasteiger partial charge in [-0.15, -0.1) is 0 Å². The van der Waals surface area contributed by atoms with Gasteiger partial charge in [-0.3, -0.25) is 0 Å². The van der Waals surface area contributed by atoms with Crippen LogP contribution >= 0.6 is 0 Å². The summed E-state index contributed by atoms with van der Waals surface area (Å²) in [6.45, 7) is 4.41. The van der Waals surface area contributed by atoms with Gasteiger partial charge in [0.2, 0.25) is 0 Å². The standard InChI is InChI=1S/C17H17N/c1-13(2)16-4-3-5-17(12-16)15-8-6-14(7-9-15)10-11-18/h3-9,12-13H,10H2,1-2H3. The average molecular weight is 235 g/mol. The van der Waals surface area contributed by atoms with Crippen LogP contribution in [0, 0.1) is 11.3 Å². The summed E-state index contributed by atoms with van der Waals surface area (Å²) in [7, 11) is 0. The summed E-state index contributed by atoms with van der Waals surface area (Å²) < 4.78 is 0. The van der Waals surface area contributed by atoms with E-state index in [1.54, 1.807) is 0 Å². The highest BCUT2D eigenvalue weighted by molar-refractivity contribution is 5.64. The highest BCUT2D eigenvalue weighted by Crippen LogP contribution is 2.24. The van der Waals surface area contributed by atoms with Crippen molar-refractivity contribution in [3.8, 4) is 17.2 Å². The highest BCUT2D eigenvalue weighted by atomic mass is 14.2. The van der Waals surface area contributed by atoms with Gasteiger partial charge in [0.05, 0.1) is 12.5 Å². The van der Waals surface area contributed by atoms with Crippen molar-refractivity contribution in [2.45, 2.75) is 26.2 Å². The maximum absolute atomic E-state index is 8.65. The molecule has 1 nitrogen and oxygen atoms in total. The lowest BCUT2D eigenvalue weighted by molar-refractivity contribution is 0.867. The first-order valence-electron chi connectivity index (χ1n) is 6.27. The van der Waals surface area contributed by atoms with Gasteiger partial charge in [-0.2, -0.15) is 5.26 Å². The monoisotopic (exact) mass is 235 g/mol. The van der Waals surface area contributed by atoms with Gasteiger partial charge in [0.25, 0.3) is 0 Å². The van der Waals surface area contributed by atoms with Crippen LogP contribution < -0.4 is 0 Å². The van der Waals surface area contributed by atoms with Crippen molar-refractivity contribution >= 4 is 0 Å². The van der Waals surface area contributed by atoms with E-state index in [-0.39, 0.29) is 0 Å². The summed E-state index contributed by atoms with van der Waals surface area (Å²) in [4.78, 5) is 0. The van der Waals surface area contributed by atoms with Gasteiger partial charge in [0, 0.05) is 0 Å². The molecule has 0 bridgehead atoms. The van der Waals surface area contributed by atoms with E-state index >= 15 is 0 Å². The molecule has 90 valence electrons. The molecule has 0 fully saturated rings. The second-order valence-electron chi connectivity index (χ2n) is 4.81. The second-order valence-corrected chi connectivity index (χ2v) is 4.81. The number of benzene rings is 2. The topological polar surface area (TPSA) is 23.8 Å². The molecule has 0 amide bonds. The van der Waals surface area contributed by atoms with Crippen molar-refractivity contribution in [2.75, 3.05) is 0 Å². The Hall–Kier alpha value is -2.07. The molecule has 2 aromatic rings. The molecule has 0 radical (unpaired) electrons. The molecule has 0 atom stereocenters. The summed E-state index contributed by atoms with van der Waals surface area (Å²) in [5.74, 6) is 0.544. The van der Waals surface area contributed by atoms with Crippen LogP contribution in [0.4, 0.5) is 0 Å². The molecule has 18 heavy (non-hydrogen) atoms. The summed E-state index contributed by atoms with van der Waals surface area (Å²) >= 11 is 0. The zero-order valence-corrected chi connectivity index (χ0v) is 10.9. The lowest BCUT2D eigenvalue weighted by atomic mass is 9.97. The van der Waals surface area contributed by atoms with Crippen molar-refractivity contribution in [1.29, 1.82) is 5.26 Å². The van der Waals surface area contributed by atoms with E-state index in [2.05, 4.69) is 56.3 Å². The Labute approximate surface area is 109 Å². The SMILES string of the molecule is CC(C)c1cccc(-c2ccc(CC#N)cc2)c1. The summed E-state index contributed by atoms with van der Waals surface area (Å²) in [5, 5.41) is 8.65. The number of hydrogen-bond acceptors (Lipinski definition) is 1. The van der Waals surface area contributed by atoms with Gasteiger partial charge in [-0.1, -0.05) is 62.4 Å². The molecular formula is C17H17N. The molecule has 0 aliphatic carbocycles. The predicted octanol–water partition coefficient (Wildman–Crippen LogP) is 4.54. The van der Waals surface area contributed by atoms with Crippen molar-refractivity contribution < 1.29 is 0 Å². The molecular weight excluding hydrogens is 218 g/mol. The smallest absolute Gasteiger partial charge is 0.0669 e. The molecule has 0 spiro atoms. The average Bonchev–Trinajstić information content (AvgIpc) is 2.40. The normalized spacial score (nSPS) is 10.3. The van der Waals surface area contributed by atoms with Gasteiger partial charge in [-0.05, 0) is 28.2 Å². The first-order valence-corrected chi connectivity index (χ1v) is 6.27. The van der Waals surface area contributed by atoms with E-state index in [4.69, 9.17) is 5.26 Å². The van der Waals surface area contributed by atoms with E-state index in [1.807, 2.05) is 12.1 Å². The maximum atomic E-state index is 8.65. The van der Waals surface area contributed by atoms with Crippen LogP contribution in [0.15, 0.2) is 48.5 Å². The van der Waals surface area contributed by atoms with E-state index in [9.17, 15) is 0 Å². The quantitative estimate of drug-likeness (QED) is 0.766. The number of nitriles is 1. The zero-order valence-electron chi connectivity index (χ0n) is 10.9. The first kappa shape index (κ1) is 12.4. The molecule has 0 aliphatic rings. The number of nitrogens with zero attached hydrogens (tertiary/aromatic N) is 1. The Morgan fingerprint density at radius 2 is 1.72 bits per heavy atom. The lowest BCUT2D eigenvalue weighted by Gasteiger charge is -2.08. The molecule has 0 aromatic heterocycles. The van der Waals surface area contributed by atoms with Crippen LogP contribution in [0.3, 0.4) is 0 Å². The fourth-order valence-corrected chi connectivity index (χ4v) is 1.98. The van der Waals surface area contributed by atoms with Crippen LogP contribution in [0.2, 0.25) is 0 Å². The van der Waals surface area contributed by atoms with Crippen molar-refractivity contribution in [3.63, 3.8) is 0 Å². The molecule has 0 saturated carbocycles. The van der Waals surface area contributed by atoms with Crippen LogP contribution in [0.5, 0.6) is 0 Å². The van der Waals surface area contributed by atoms with Gasteiger partial charge in [0.15, 0.2) is 0 Å². The lowest BCUT2D eigenvalue weighted by Crippen LogP contribution is -1.88. The van der Waals surface area contributed by atoms with E-state index in [0.29, 0.717) is 12.3 Å². The van der Waals surface area contributed by atoms with Crippen LogP contribution in [-0.4, -0.2) is 0 Å². The molecule has 0 heterocycles. The number of hydrogen-bond donors (Lipinski definition) is 0. The van der Waals surface area contributed by atoms with E-state index < -0.39 is 0 Å². The summed E-state index contributed by atoms with van der Waals surface area (Å²) in [6.07, 6.45) is 0.478. The molecule has 0 saturated heterocycles. The maximum Gasteiger partial charge on any atom is 0.0669 e. The fraction of sp³-hybridized carbons (Fsp3) is 0.235. The first-order chi connectivity index (χ1) is 8.70. The van der Waals surface area contributed by atoms with E-state index in [0.717, 1.165) is 5.56 Å². The van der Waals surface area contributed by atoms with Crippen molar-refractivity contribution in [1.82, 2.24) is 0 Å².